The van der Waals surface area contributed by atoms with E-state index in [-0.39, 0.29) is 11.4 Å². The normalized spacial score (nSPS) is 19.0. The second-order valence-corrected chi connectivity index (χ2v) is 5.37. The summed E-state index contributed by atoms with van der Waals surface area (Å²) >= 11 is 0. The predicted octanol–water partition coefficient (Wildman–Crippen LogP) is 0.943. The number of carbonyl (C=O) groups excluding carboxylic acids is 1. The first-order valence-corrected chi connectivity index (χ1v) is 6.43. The van der Waals surface area contributed by atoms with E-state index in [1.165, 1.54) is 0 Å². The summed E-state index contributed by atoms with van der Waals surface area (Å²) in [4.78, 5) is 14.3. The molecule has 1 aliphatic heterocycles. The molecule has 100 valence electrons. The molecule has 0 aliphatic carbocycles. The van der Waals surface area contributed by atoms with E-state index in [0.29, 0.717) is 0 Å². The Hall–Kier alpha value is -1.36. The summed E-state index contributed by atoms with van der Waals surface area (Å²) in [7, 11) is 3.85. The van der Waals surface area contributed by atoms with Gasteiger partial charge in [-0.15, -0.1) is 0 Å². The van der Waals surface area contributed by atoms with Crippen molar-refractivity contribution in [3.05, 3.63) is 17.5 Å². The van der Waals surface area contributed by atoms with E-state index in [9.17, 15) is 4.79 Å². The lowest BCUT2D eigenvalue weighted by atomic mass is 9.89. The maximum absolute atomic E-state index is 12.4. The maximum atomic E-state index is 12.4. The van der Waals surface area contributed by atoms with Gasteiger partial charge in [-0.25, -0.2) is 0 Å². The highest BCUT2D eigenvalue weighted by Gasteiger charge is 2.31. The number of hydrogen-bond acceptors (Lipinski definition) is 3. The summed E-state index contributed by atoms with van der Waals surface area (Å²) in [5.74, 6) is 0.110. The SMILES string of the molecule is CNC1(C)CCN(C(=O)c2cnn(C)c2C)CC1. The summed E-state index contributed by atoms with van der Waals surface area (Å²) in [5, 5.41) is 7.47. The molecule has 5 nitrogen and oxygen atoms in total. The van der Waals surface area contributed by atoms with Crippen LogP contribution in [0.4, 0.5) is 0 Å². The Morgan fingerprint density at radius 3 is 2.50 bits per heavy atom. The molecule has 0 unspecified atom stereocenters. The van der Waals surface area contributed by atoms with Crippen molar-refractivity contribution in [3.63, 3.8) is 0 Å². The molecule has 1 amide bonds. The number of aryl methyl sites for hydroxylation is 1. The van der Waals surface area contributed by atoms with E-state index < -0.39 is 0 Å². The molecule has 2 rings (SSSR count). The zero-order valence-electron chi connectivity index (χ0n) is 11.7. The molecule has 1 aromatic rings. The van der Waals surface area contributed by atoms with Gasteiger partial charge in [0, 0.05) is 31.4 Å². The van der Waals surface area contributed by atoms with Crippen LogP contribution in [-0.4, -0.2) is 46.3 Å². The smallest absolute Gasteiger partial charge is 0.257 e. The Labute approximate surface area is 108 Å². The third-order valence-electron chi connectivity index (χ3n) is 4.22. The lowest BCUT2D eigenvalue weighted by Crippen LogP contribution is -2.51. The van der Waals surface area contributed by atoms with E-state index in [4.69, 9.17) is 0 Å². The topological polar surface area (TPSA) is 50.2 Å². The molecule has 5 heteroatoms. The number of amides is 1. The Kier molecular flexibility index (Phi) is 3.43. The van der Waals surface area contributed by atoms with Crippen molar-refractivity contribution in [2.45, 2.75) is 32.2 Å². The first-order valence-electron chi connectivity index (χ1n) is 6.43. The van der Waals surface area contributed by atoms with Crippen molar-refractivity contribution in [3.8, 4) is 0 Å². The number of nitrogens with zero attached hydrogens (tertiary/aromatic N) is 3. The first-order chi connectivity index (χ1) is 8.47. The van der Waals surface area contributed by atoms with Crippen LogP contribution in [0.5, 0.6) is 0 Å². The van der Waals surface area contributed by atoms with Crippen molar-refractivity contribution in [2.24, 2.45) is 7.05 Å². The van der Waals surface area contributed by atoms with Crippen molar-refractivity contribution >= 4 is 5.91 Å². The number of likely N-dealkylation sites (tertiary alicyclic amines) is 1. The highest BCUT2D eigenvalue weighted by molar-refractivity contribution is 5.95. The number of hydrogen-bond donors (Lipinski definition) is 1. The van der Waals surface area contributed by atoms with Crippen LogP contribution in [0.3, 0.4) is 0 Å². The Morgan fingerprint density at radius 2 is 2.06 bits per heavy atom. The summed E-state index contributed by atoms with van der Waals surface area (Å²) in [6.45, 7) is 5.76. The fraction of sp³-hybridized carbons (Fsp3) is 0.692. The van der Waals surface area contributed by atoms with Gasteiger partial charge in [0.15, 0.2) is 0 Å². The zero-order valence-corrected chi connectivity index (χ0v) is 11.7. The van der Waals surface area contributed by atoms with Gasteiger partial charge in [-0.2, -0.15) is 5.10 Å². The van der Waals surface area contributed by atoms with Gasteiger partial charge in [0.05, 0.1) is 11.8 Å². The Morgan fingerprint density at radius 1 is 1.44 bits per heavy atom. The van der Waals surface area contributed by atoms with Crippen LogP contribution in [0, 0.1) is 6.92 Å². The van der Waals surface area contributed by atoms with Crippen LogP contribution >= 0.6 is 0 Å². The van der Waals surface area contributed by atoms with E-state index in [0.717, 1.165) is 37.2 Å². The van der Waals surface area contributed by atoms with Crippen molar-refractivity contribution in [2.75, 3.05) is 20.1 Å². The minimum atomic E-state index is 0.110. The molecule has 1 fully saturated rings. The highest BCUT2D eigenvalue weighted by atomic mass is 16.2. The number of aromatic nitrogens is 2. The van der Waals surface area contributed by atoms with Crippen molar-refractivity contribution in [1.29, 1.82) is 0 Å². The van der Waals surface area contributed by atoms with Crippen molar-refractivity contribution in [1.82, 2.24) is 20.0 Å². The van der Waals surface area contributed by atoms with Gasteiger partial charge >= 0.3 is 0 Å². The monoisotopic (exact) mass is 250 g/mol. The van der Waals surface area contributed by atoms with Gasteiger partial charge in [-0.3, -0.25) is 9.48 Å². The quantitative estimate of drug-likeness (QED) is 0.850. The zero-order chi connectivity index (χ0) is 13.3. The second kappa shape index (κ2) is 4.72. The van der Waals surface area contributed by atoms with Crippen LogP contribution in [-0.2, 0) is 7.05 Å². The van der Waals surface area contributed by atoms with Gasteiger partial charge in [0.25, 0.3) is 5.91 Å². The molecule has 0 radical (unpaired) electrons. The minimum Gasteiger partial charge on any atom is -0.338 e. The average Bonchev–Trinajstić information content (AvgIpc) is 2.70. The molecule has 1 N–H and O–H groups in total. The third-order valence-corrected chi connectivity index (χ3v) is 4.22. The molecule has 18 heavy (non-hydrogen) atoms. The minimum absolute atomic E-state index is 0.110. The molecule has 1 aliphatic rings. The molecule has 1 saturated heterocycles. The van der Waals surface area contributed by atoms with Gasteiger partial charge < -0.3 is 10.2 Å². The van der Waals surface area contributed by atoms with E-state index in [2.05, 4.69) is 17.3 Å². The Bertz CT molecular complexity index is 444. The second-order valence-electron chi connectivity index (χ2n) is 5.37. The van der Waals surface area contributed by atoms with Gasteiger partial charge in [-0.05, 0) is 33.7 Å². The maximum Gasteiger partial charge on any atom is 0.257 e. The van der Waals surface area contributed by atoms with Crippen LogP contribution < -0.4 is 5.32 Å². The third kappa shape index (κ3) is 2.27. The lowest BCUT2D eigenvalue weighted by molar-refractivity contribution is 0.0661. The van der Waals surface area contributed by atoms with Gasteiger partial charge in [-0.1, -0.05) is 0 Å². The van der Waals surface area contributed by atoms with Crippen LogP contribution in [0.25, 0.3) is 0 Å². The summed E-state index contributed by atoms with van der Waals surface area (Å²) in [6.07, 6.45) is 3.66. The van der Waals surface area contributed by atoms with Gasteiger partial charge in [0.2, 0.25) is 0 Å². The van der Waals surface area contributed by atoms with Crippen LogP contribution in [0.15, 0.2) is 6.20 Å². The number of nitrogens with one attached hydrogen (secondary N) is 1. The number of rotatable bonds is 2. The van der Waals surface area contributed by atoms with E-state index in [1.807, 2.05) is 25.9 Å². The molecule has 1 aromatic heterocycles. The predicted molar refractivity (Wildman–Crippen MR) is 70.5 cm³/mol. The highest BCUT2D eigenvalue weighted by Crippen LogP contribution is 2.22. The van der Waals surface area contributed by atoms with Crippen LogP contribution in [0.1, 0.15) is 35.8 Å². The summed E-state index contributed by atoms with van der Waals surface area (Å²) in [5.41, 5.74) is 1.83. The summed E-state index contributed by atoms with van der Waals surface area (Å²) < 4.78 is 1.74. The van der Waals surface area contributed by atoms with Crippen molar-refractivity contribution < 1.29 is 4.79 Å². The molecule has 0 saturated carbocycles. The number of carbonyl (C=O) groups is 1. The Balaban J connectivity index is 2.06. The molecular formula is C13H22N4O. The van der Waals surface area contributed by atoms with E-state index >= 15 is 0 Å². The molecule has 0 bridgehead atoms. The molecule has 0 aromatic carbocycles. The fourth-order valence-electron chi connectivity index (χ4n) is 2.33. The molecule has 0 spiro atoms. The first kappa shape index (κ1) is 13.1. The molecule has 2 heterocycles. The van der Waals surface area contributed by atoms with E-state index in [1.54, 1.807) is 10.9 Å². The summed E-state index contributed by atoms with van der Waals surface area (Å²) in [6, 6.07) is 0. The fourth-order valence-corrected chi connectivity index (χ4v) is 2.33. The lowest BCUT2D eigenvalue weighted by Gasteiger charge is -2.39. The molecule has 0 atom stereocenters. The number of piperidine rings is 1. The standard InChI is InChI=1S/C13H22N4O/c1-10-11(9-15-16(10)4)12(18)17-7-5-13(2,14-3)6-8-17/h9,14H,5-8H2,1-4H3. The molecular weight excluding hydrogens is 228 g/mol. The van der Waals surface area contributed by atoms with Gasteiger partial charge in [0.1, 0.15) is 0 Å². The average molecular weight is 250 g/mol. The largest absolute Gasteiger partial charge is 0.338 e. The van der Waals surface area contributed by atoms with Crippen LogP contribution in [0.2, 0.25) is 0 Å².